The lowest BCUT2D eigenvalue weighted by Gasteiger charge is -2.17. The fraction of sp³-hybridized carbons (Fsp3) is 0.133. The second kappa shape index (κ2) is 4.65. The first-order valence-electron chi connectivity index (χ1n) is 6.19. The fourth-order valence-corrected chi connectivity index (χ4v) is 2.37. The van der Waals surface area contributed by atoms with Crippen LogP contribution in [0, 0.1) is 0 Å². The molecule has 0 aliphatic heterocycles. The number of aromatic nitrogens is 2. The summed E-state index contributed by atoms with van der Waals surface area (Å²) < 4.78 is 0. The zero-order valence-corrected chi connectivity index (χ0v) is 10.7. The third-order valence-electron chi connectivity index (χ3n) is 3.29. The Morgan fingerprint density at radius 1 is 1.21 bits per heavy atom. The lowest BCUT2D eigenvalue weighted by Crippen LogP contribution is -2.18. The van der Waals surface area contributed by atoms with Gasteiger partial charge in [0.05, 0.1) is 12.1 Å². The van der Waals surface area contributed by atoms with Crippen LogP contribution in [0.5, 0.6) is 0 Å². The van der Waals surface area contributed by atoms with Crippen molar-refractivity contribution in [2.24, 2.45) is 0 Å². The predicted molar refractivity (Wildman–Crippen MR) is 76.6 cm³/mol. The number of hydrogen-bond donors (Lipinski definition) is 2. The SMILES string of the molecule is CN(Cc1ccc[nH]1)c1[nH]c2ccccc2c1C=O. The van der Waals surface area contributed by atoms with E-state index in [2.05, 4.69) is 9.97 Å². The van der Waals surface area contributed by atoms with Gasteiger partial charge in [0.15, 0.2) is 6.29 Å². The highest BCUT2D eigenvalue weighted by atomic mass is 16.1. The number of rotatable bonds is 4. The van der Waals surface area contributed by atoms with Crippen LogP contribution < -0.4 is 4.90 Å². The van der Waals surface area contributed by atoms with E-state index in [9.17, 15) is 4.79 Å². The van der Waals surface area contributed by atoms with E-state index in [1.54, 1.807) is 0 Å². The van der Waals surface area contributed by atoms with Crippen LogP contribution in [0.4, 0.5) is 5.82 Å². The Hall–Kier alpha value is -2.49. The van der Waals surface area contributed by atoms with E-state index in [0.29, 0.717) is 5.56 Å². The molecule has 0 fully saturated rings. The van der Waals surface area contributed by atoms with Crippen LogP contribution in [0.15, 0.2) is 42.6 Å². The van der Waals surface area contributed by atoms with Gasteiger partial charge in [-0.05, 0) is 18.2 Å². The molecule has 0 unspecified atom stereocenters. The van der Waals surface area contributed by atoms with Gasteiger partial charge in [-0.3, -0.25) is 4.79 Å². The third kappa shape index (κ3) is 2.01. The summed E-state index contributed by atoms with van der Waals surface area (Å²) in [4.78, 5) is 19.9. The van der Waals surface area contributed by atoms with E-state index in [1.807, 2.05) is 54.5 Å². The number of para-hydroxylation sites is 1. The number of anilines is 1. The number of nitrogens with one attached hydrogen (secondary N) is 2. The summed E-state index contributed by atoms with van der Waals surface area (Å²) in [5.41, 5.74) is 2.81. The fourth-order valence-electron chi connectivity index (χ4n) is 2.37. The largest absolute Gasteiger partial charge is 0.364 e. The third-order valence-corrected chi connectivity index (χ3v) is 3.29. The van der Waals surface area contributed by atoms with Gasteiger partial charge in [-0.15, -0.1) is 0 Å². The van der Waals surface area contributed by atoms with Crippen molar-refractivity contribution < 1.29 is 4.79 Å². The van der Waals surface area contributed by atoms with E-state index < -0.39 is 0 Å². The van der Waals surface area contributed by atoms with Crippen LogP contribution in [-0.4, -0.2) is 23.3 Å². The molecule has 0 bridgehead atoms. The minimum Gasteiger partial charge on any atom is -0.364 e. The molecule has 2 N–H and O–H groups in total. The molecule has 3 aromatic rings. The quantitative estimate of drug-likeness (QED) is 0.702. The van der Waals surface area contributed by atoms with Crippen LogP contribution in [0.1, 0.15) is 16.1 Å². The molecule has 19 heavy (non-hydrogen) atoms. The summed E-state index contributed by atoms with van der Waals surface area (Å²) >= 11 is 0. The van der Waals surface area contributed by atoms with E-state index in [1.165, 1.54) is 0 Å². The highest BCUT2D eigenvalue weighted by molar-refractivity contribution is 6.03. The Morgan fingerprint density at radius 3 is 2.79 bits per heavy atom. The highest BCUT2D eigenvalue weighted by Crippen LogP contribution is 2.27. The molecular weight excluding hydrogens is 238 g/mol. The summed E-state index contributed by atoms with van der Waals surface area (Å²) in [6.45, 7) is 0.723. The van der Waals surface area contributed by atoms with Crippen molar-refractivity contribution in [3.63, 3.8) is 0 Å². The molecular formula is C15H15N3O. The summed E-state index contributed by atoms with van der Waals surface area (Å²) in [7, 11) is 1.97. The molecule has 0 aliphatic carbocycles. The average Bonchev–Trinajstić information content (AvgIpc) is 3.04. The number of benzene rings is 1. The van der Waals surface area contributed by atoms with Crippen molar-refractivity contribution in [1.82, 2.24) is 9.97 Å². The maximum absolute atomic E-state index is 11.4. The number of aromatic amines is 2. The summed E-state index contributed by atoms with van der Waals surface area (Å²) in [6.07, 6.45) is 2.81. The molecule has 4 heteroatoms. The first-order chi connectivity index (χ1) is 9.29. The van der Waals surface area contributed by atoms with Gasteiger partial charge in [0.2, 0.25) is 0 Å². The van der Waals surface area contributed by atoms with Gasteiger partial charge in [-0.2, -0.15) is 0 Å². The molecule has 96 valence electrons. The average molecular weight is 253 g/mol. The zero-order chi connectivity index (χ0) is 13.2. The molecule has 0 saturated carbocycles. The van der Waals surface area contributed by atoms with Crippen LogP contribution in [0.2, 0.25) is 0 Å². The van der Waals surface area contributed by atoms with Gasteiger partial charge in [-0.25, -0.2) is 0 Å². The van der Waals surface area contributed by atoms with Gasteiger partial charge >= 0.3 is 0 Å². The van der Waals surface area contributed by atoms with E-state index in [-0.39, 0.29) is 0 Å². The molecule has 0 saturated heterocycles. The lowest BCUT2D eigenvalue weighted by molar-refractivity contribution is 0.112. The van der Waals surface area contributed by atoms with E-state index in [4.69, 9.17) is 0 Å². The van der Waals surface area contributed by atoms with Gasteiger partial charge in [0.1, 0.15) is 5.82 Å². The number of carbonyl (C=O) groups excluding carboxylic acids is 1. The van der Waals surface area contributed by atoms with Crippen LogP contribution in [0.25, 0.3) is 10.9 Å². The standard InChI is InChI=1S/C15H15N3O/c1-18(9-11-5-4-8-16-11)15-13(10-19)12-6-2-3-7-14(12)17-15/h2-8,10,16-17H,9H2,1H3. The van der Waals surface area contributed by atoms with Gasteiger partial charge in [-0.1, -0.05) is 18.2 Å². The number of carbonyl (C=O) groups is 1. The number of hydrogen-bond acceptors (Lipinski definition) is 2. The molecule has 2 aromatic heterocycles. The second-order valence-corrected chi connectivity index (χ2v) is 4.60. The maximum atomic E-state index is 11.4. The topological polar surface area (TPSA) is 51.9 Å². The van der Waals surface area contributed by atoms with Crippen LogP contribution in [-0.2, 0) is 6.54 Å². The van der Waals surface area contributed by atoms with Crippen LogP contribution >= 0.6 is 0 Å². The molecule has 0 aliphatic rings. The summed E-state index contributed by atoms with van der Waals surface area (Å²) in [5.74, 6) is 0.853. The van der Waals surface area contributed by atoms with Crippen molar-refractivity contribution in [2.75, 3.05) is 11.9 Å². The van der Waals surface area contributed by atoms with Crippen molar-refractivity contribution in [1.29, 1.82) is 0 Å². The zero-order valence-electron chi connectivity index (χ0n) is 10.7. The Labute approximate surface area is 111 Å². The van der Waals surface area contributed by atoms with Gasteiger partial charge in [0.25, 0.3) is 0 Å². The Balaban J connectivity index is 2.01. The molecule has 2 heterocycles. The highest BCUT2D eigenvalue weighted by Gasteiger charge is 2.14. The minimum absolute atomic E-state index is 0.713. The van der Waals surface area contributed by atoms with Crippen LogP contribution in [0.3, 0.4) is 0 Å². The van der Waals surface area contributed by atoms with E-state index >= 15 is 0 Å². The van der Waals surface area contributed by atoms with E-state index in [0.717, 1.165) is 35.2 Å². The monoisotopic (exact) mass is 253 g/mol. The maximum Gasteiger partial charge on any atom is 0.154 e. The Bertz CT molecular complexity index is 697. The minimum atomic E-state index is 0.713. The molecule has 3 rings (SSSR count). The number of aldehydes is 1. The van der Waals surface area contributed by atoms with Crippen molar-refractivity contribution in [3.05, 3.63) is 53.9 Å². The molecule has 4 nitrogen and oxygen atoms in total. The van der Waals surface area contributed by atoms with Gasteiger partial charge in [0, 0.05) is 29.8 Å². The Kier molecular flexibility index (Phi) is 2.83. The first-order valence-corrected chi connectivity index (χ1v) is 6.19. The second-order valence-electron chi connectivity index (χ2n) is 4.60. The molecule has 0 atom stereocenters. The lowest BCUT2D eigenvalue weighted by atomic mass is 10.2. The summed E-state index contributed by atoms with van der Waals surface area (Å²) in [6, 6.07) is 11.8. The normalized spacial score (nSPS) is 10.8. The molecule has 0 radical (unpaired) electrons. The molecule has 0 amide bonds. The predicted octanol–water partition coefficient (Wildman–Crippen LogP) is 2.94. The number of H-pyrrole nitrogens is 2. The Morgan fingerprint density at radius 2 is 2.05 bits per heavy atom. The summed E-state index contributed by atoms with van der Waals surface area (Å²) in [5, 5.41) is 0.964. The van der Waals surface area contributed by atoms with Crippen molar-refractivity contribution in [3.8, 4) is 0 Å². The number of fused-ring (bicyclic) bond motifs is 1. The first kappa shape index (κ1) is 11.6. The van der Waals surface area contributed by atoms with Crippen molar-refractivity contribution in [2.45, 2.75) is 6.54 Å². The molecule has 0 spiro atoms. The number of nitrogens with zero attached hydrogens (tertiary/aromatic N) is 1. The smallest absolute Gasteiger partial charge is 0.154 e. The molecule has 1 aromatic carbocycles. The van der Waals surface area contributed by atoms with Gasteiger partial charge < -0.3 is 14.9 Å². The van der Waals surface area contributed by atoms with Crippen molar-refractivity contribution >= 4 is 23.0 Å².